The highest BCUT2D eigenvalue weighted by atomic mass is 16.3. The van der Waals surface area contributed by atoms with E-state index in [2.05, 4.69) is 5.32 Å². The van der Waals surface area contributed by atoms with Crippen molar-refractivity contribution in [2.45, 2.75) is 25.9 Å². The Morgan fingerprint density at radius 1 is 1.08 bits per heavy atom. The molecule has 2 aromatic carbocycles. The van der Waals surface area contributed by atoms with Crippen LogP contribution in [0.3, 0.4) is 0 Å². The third-order valence-electron chi connectivity index (χ3n) is 4.71. The van der Waals surface area contributed by atoms with Crippen molar-refractivity contribution >= 4 is 11.8 Å². The maximum atomic E-state index is 12.4. The second-order valence-corrected chi connectivity index (χ2v) is 6.65. The van der Waals surface area contributed by atoms with Crippen LogP contribution in [0.1, 0.15) is 41.8 Å². The lowest BCUT2D eigenvalue weighted by Gasteiger charge is -2.15. The Bertz CT molecular complexity index is 778. The second-order valence-electron chi connectivity index (χ2n) is 6.65. The summed E-state index contributed by atoms with van der Waals surface area (Å²) in [6.45, 7) is 3.33. The van der Waals surface area contributed by atoms with Crippen LogP contribution in [0, 0.1) is 0 Å². The summed E-state index contributed by atoms with van der Waals surface area (Å²) in [7, 11) is 0. The summed E-state index contributed by atoms with van der Waals surface area (Å²) >= 11 is 0. The largest absolute Gasteiger partial charge is 0.389 e. The molecule has 1 aliphatic rings. The van der Waals surface area contributed by atoms with Gasteiger partial charge in [-0.1, -0.05) is 36.4 Å². The molecule has 26 heavy (non-hydrogen) atoms. The van der Waals surface area contributed by atoms with E-state index in [0.29, 0.717) is 5.56 Å². The SMILES string of the molecule is CC(O)c1ccc(-c2cccc(C(=O)NCC(=O)N3CCCC3)c2)cc1. The van der Waals surface area contributed by atoms with E-state index in [-0.39, 0.29) is 18.4 Å². The molecule has 3 rings (SSSR count). The number of aliphatic hydroxyl groups is 1. The third-order valence-corrected chi connectivity index (χ3v) is 4.71. The van der Waals surface area contributed by atoms with Crippen molar-refractivity contribution in [1.29, 1.82) is 0 Å². The number of benzene rings is 2. The summed E-state index contributed by atoms with van der Waals surface area (Å²) in [5, 5.41) is 12.3. The molecule has 5 heteroatoms. The third kappa shape index (κ3) is 4.29. The summed E-state index contributed by atoms with van der Waals surface area (Å²) in [6.07, 6.45) is 1.57. The standard InChI is InChI=1S/C21H24N2O3/c1-15(24)16-7-9-17(10-8-16)18-5-4-6-19(13-18)21(26)22-14-20(25)23-11-2-3-12-23/h4-10,13,15,24H,2-3,11-12,14H2,1H3,(H,22,26). The van der Waals surface area contributed by atoms with Crippen LogP contribution in [0.4, 0.5) is 0 Å². The Balaban J connectivity index is 1.66. The number of hydrogen-bond acceptors (Lipinski definition) is 3. The van der Waals surface area contributed by atoms with Gasteiger partial charge in [0.05, 0.1) is 12.6 Å². The summed E-state index contributed by atoms with van der Waals surface area (Å²) in [4.78, 5) is 26.2. The number of hydrogen-bond donors (Lipinski definition) is 2. The molecule has 0 aromatic heterocycles. The Kier molecular flexibility index (Phi) is 5.68. The van der Waals surface area contributed by atoms with Gasteiger partial charge in [-0.3, -0.25) is 9.59 Å². The van der Waals surface area contributed by atoms with Gasteiger partial charge in [-0.25, -0.2) is 0 Å². The molecule has 136 valence electrons. The quantitative estimate of drug-likeness (QED) is 0.869. The molecule has 1 saturated heterocycles. The fourth-order valence-corrected chi connectivity index (χ4v) is 3.13. The lowest BCUT2D eigenvalue weighted by atomic mass is 10.0. The maximum absolute atomic E-state index is 12.4. The minimum absolute atomic E-state index is 0.0271. The molecule has 0 bridgehead atoms. The van der Waals surface area contributed by atoms with Crippen molar-refractivity contribution in [3.8, 4) is 11.1 Å². The Morgan fingerprint density at radius 3 is 2.42 bits per heavy atom. The molecule has 5 nitrogen and oxygen atoms in total. The smallest absolute Gasteiger partial charge is 0.251 e. The monoisotopic (exact) mass is 352 g/mol. The number of nitrogens with zero attached hydrogens (tertiary/aromatic N) is 1. The Hall–Kier alpha value is -2.66. The van der Waals surface area contributed by atoms with Crippen LogP contribution in [-0.2, 0) is 4.79 Å². The van der Waals surface area contributed by atoms with Gasteiger partial charge >= 0.3 is 0 Å². The number of amides is 2. The lowest BCUT2D eigenvalue weighted by Crippen LogP contribution is -2.38. The average molecular weight is 352 g/mol. The highest BCUT2D eigenvalue weighted by Crippen LogP contribution is 2.23. The minimum atomic E-state index is -0.505. The van der Waals surface area contributed by atoms with Crippen molar-refractivity contribution in [2.75, 3.05) is 19.6 Å². The van der Waals surface area contributed by atoms with Crippen LogP contribution in [0.15, 0.2) is 48.5 Å². The van der Waals surface area contributed by atoms with Gasteiger partial charge in [-0.05, 0) is 48.6 Å². The summed E-state index contributed by atoms with van der Waals surface area (Å²) in [5.74, 6) is -0.277. The van der Waals surface area contributed by atoms with Crippen LogP contribution in [0.5, 0.6) is 0 Å². The first kappa shape index (κ1) is 18.1. The van der Waals surface area contributed by atoms with E-state index in [4.69, 9.17) is 0 Å². The molecule has 1 fully saturated rings. The van der Waals surface area contributed by atoms with Gasteiger partial charge in [0, 0.05) is 18.7 Å². The molecule has 0 saturated carbocycles. The molecule has 0 aliphatic carbocycles. The molecule has 1 aliphatic heterocycles. The fraction of sp³-hybridized carbons (Fsp3) is 0.333. The number of aliphatic hydroxyl groups excluding tert-OH is 1. The zero-order valence-corrected chi connectivity index (χ0v) is 14.9. The molecule has 2 aromatic rings. The van der Waals surface area contributed by atoms with Crippen molar-refractivity contribution in [2.24, 2.45) is 0 Å². The molecule has 1 heterocycles. The lowest BCUT2D eigenvalue weighted by molar-refractivity contribution is -0.129. The van der Waals surface area contributed by atoms with Crippen molar-refractivity contribution in [1.82, 2.24) is 10.2 Å². The number of rotatable bonds is 5. The topological polar surface area (TPSA) is 69.6 Å². The van der Waals surface area contributed by atoms with Crippen LogP contribution in [0.2, 0.25) is 0 Å². The van der Waals surface area contributed by atoms with Crippen LogP contribution in [0.25, 0.3) is 11.1 Å². The summed E-state index contributed by atoms with van der Waals surface area (Å²) in [5.41, 5.74) is 3.26. The van der Waals surface area contributed by atoms with E-state index >= 15 is 0 Å². The first-order valence-electron chi connectivity index (χ1n) is 8.99. The van der Waals surface area contributed by atoms with E-state index in [1.807, 2.05) is 42.5 Å². The van der Waals surface area contributed by atoms with Gasteiger partial charge in [0.15, 0.2) is 0 Å². The molecule has 0 spiro atoms. The number of carbonyl (C=O) groups is 2. The van der Waals surface area contributed by atoms with Crippen molar-refractivity contribution in [3.05, 3.63) is 59.7 Å². The second kappa shape index (κ2) is 8.15. The molecular weight excluding hydrogens is 328 g/mol. The highest BCUT2D eigenvalue weighted by Gasteiger charge is 2.18. The number of carbonyl (C=O) groups excluding carboxylic acids is 2. The summed E-state index contributed by atoms with van der Waals surface area (Å²) < 4.78 is 0. The molecule has 1 atom stereocenters. The van der Waals surface area contributed by atoms with Gasteiger partial charge in [-0.15, -0.1) is 0 Å². The molecular formula is C21H24N2O3. The normalized spacial score (nSPS) is 14.9. The van der Waals surface area contributed by atoms with E-state index in [9.17, 15) is 14.7 Å². The first-order chi connectivity index (χ1) is 12.5. The average Bonchev–Trinajstić information content (AvgIpc) is 3.21. The first-order valence-corrected chi connectivity index (χ1v) is 8.99. The van der Waals surface area contributed by atoms with Crippen molar-refractivity contribution in [3.63, 3.8) is 0 Å². The van der Waals surface area contributed by atoms with Crippen LogP contribution < -0.4 is 5.32 Å². The Labute approximate surface area is 153 Å². The zero-order chi connectivity index (χ0) is 18.5. The van der Waals surface area contributed by atoms with Gasteiger partial charge in [0.25, 0.3) is 5.91 Å². The number of likely N-dealkylation sites (tertiary alicyclic amines) is 1. The van der Waals surface area contributed by atoms with Gasteiger partial charge in [-0.2, -0.15) is 0 Å². The van der Waals surface area contributed by atoms with Crippen LogP contribution in [-0.4, -0.2) is 41.5 Å². The maximum Gasteiger partial charge on any atom is 0.251 e. The minimum Gasteiger partial charge on any atom is -0.389 e. The molecule has 2 N–H and O–H groups in total. The molecule has 2 amide bonds. The van der Waals surface area contributed by atoms with Gasteiger partial charge in [0.1, 0.15) is 0 Å². The van der Waals surface area contributed by atoms with E-state index < -0.39 is 6.10 Å². The number of nitrogens with one attached hydrogen (secondary N) is 1. The van der Waals surface area contributed by atoms with Crippen molar-refractivity contribution < 1.29 is 14.7 Å². The summed E-state index contributed by atoms with van der Waals surface area (Å²) in [6, 6.07) is 14.9. The van der Waals surface area contributed by atoms with E-state index in [1.54, 1.807) is 17.9 Å². The highest BCUT2D eigenvalue weighted by molar-refractivity contribution is 5.97. The van der Waals surface area contributed by atoms with Gasteiger partial charge < -0.3 is 15.3 Å². The zero-order valence-electron chi connectivity index (χ0n) is 14.9. The fourth-order valence-electron chi connectivity index (χ4n) is 3.13. The van der Waals surface area contributed by atoms with E-state index in [0.717, 1.165) is 42.6 Å². The molecule has 0 radical (unpaired) electrons. The predicted octanol–water partition coefficient (Wildman–Crippen LogP) is 2.76. The Morgan fingerprint density at radius 2 is 1.77 bits per heavy atom. The van der Waals surface area contributed by atoms with E-state index in [1.165, 1.54) is 0 Å². The van der Waals surface area contributed by atoms with Crippen LogP contribution >= 0.6 is 0 Å². The molecule has 1 unspecified atom stereocenters. The predicted molar refractivity (Wildman–Crippen MR) is 101 cm³/mol. The van der Waals surface area contributed by atoms with Gasteiger partial charge in [0.2, 0.25) is 5.91 Å².